The molecule has 0 fully saturated rings. The summed E-state index contributed by atoms with van der Waals surface area (Å²) in [5.41, 5.74) is 8.06. The SMILES string of the molecule is CCc1ccc(CNc2cc(C(N)=O)ccc2F)cc1. The highest BCUT2D eigenvalue weighted by molar-refractivity contribution is 5.93. The van der Waals surface area contributed by atoms with Gasteiger partial charge in [-0.2, -0.15) is 0 Å². The molecule has 4 heteroatoms. The molecule has 0 aromatic heterocycles. The average molecular weight is 272 g/mol. The highest BCUT2D eigenvalue weighted by Crippen LogP contribution is 2.17. The number of primary amides is 1. The van der Waals surface area contributed by atoms with Gasteiger partial charge in [0, 0.05) is 12.1 Å². The highest BCUT2D eigenvalue weighted by Gasteiger charge is 2.06. The van der Waals surface area contributed by atoms with Crippen LogP contribution in [0.15, 0.2) is 42.5 Å². The van der Waals surface area contributed by atoms with Crippen LogP contribution in [0.3, 0.4) is 0 Å². The second-order valence-corrected chi connectivity index (χ2v) is 4.58. The van der Waals surface area contributed by atoms with E-state index in [1.807, 2.05) is 24.3 Å². The van der Waals surface area contributed by atoms with E-state index in [4.69, 9.17) is 5.73 Å². The number of rotatable bonds is 5. The second kappa shape index (κ2) is 6.19. The van der Waals surface area contributed by atoms with Gasteiger partial charge in [0.05, 0.1) is 5.69 Å². The number of carbonyl (C=O) groups excluding carboxylic acids is 1. The van der Waals surface area contributed by atoms with Gasteiger partial charge in [0.25, 0.3) is 0 Å². The van der Waals surface area contributed by atoms with Gasteiger partial charge >= 0.3 is 0 Å². The van der Waals surface area contributed by atoms with Crippen LogP contribution in [0.1, 0.15) is 28.4 Å². The number of aryl methyl sites for hydroxylation is 1. The van der Waals surface area contributed by atoms with E-state index in [9.17, 15) is 9.18 Å². The summed E-state index contributed by atoms with van der Waals surface area (Å²) in [7, 11) is 0. The first-order chi connectivity index (χ1) is 9.60. The van der Waals surface area contributed by atoms with E-state index in [1.54, 1.807) is 0 Å². The molecule has 0 atom stereocenters. The van der Waals surface area contributed by atoms with E-state index in [0.717, 1.165) is 12.0 Å². The Hall–Kier alpha value is -2.36. The summed E-state index contributed by atoms with van der Waals surface area (Å²) >= 11 is 0. The minimum atomic E-state index is -0.569. The Bertz CT molecular complexity index is 608. The predicted molar refractivity (Wildman–Crippen MR) is 78.1 cm³/mol. The molecule has 0 saturated carbocycles. The first-order valence-corrected chi connectivity index (χ1v) is 6.51. The summed E-state index contributed by atoms with van der Waals surface area (Å²) in [6.07, 6.45) is 0.989. The number of nitrogens with two attached hydrogens (primary N) is 1. The van der Waals surface area contributed by atoms with Crippen molar-refractivity contribution in [3.8, 4) is 0 Å². The van der Waals surface area contributed by atoms with Gasteiger partial charge < -0.3 is 11.1 Å². The van der Waals surface area contributed by atoms with Crippen LogP contribution in [0.5, 0.6) is 0 Å². The molecule has 0 saturated heterocycles. The molecule has 0 unspecified atom stereocenters. The van der Waals surface area contributed by atoms with Crippen LogP contribution in [0.25, 0.3) is 0 Å². The van der Waals surface area contributed by atoms with Crippen LogP contribution in [0.4, 0.5) is 10.1 Å². The standard InChI is InChI=1S/C16H17FN2O/c1-2-11-3-5-12(6-4-11)10-19-15-9-13(16(18)20)7-8-14(15)17/h3-9,19H,2,10H2,1H3,(H2,18,20). The Labute approximate surface area is 117 Å². The van der Waals surface area contributed by atoms with Gasteiger partial charge in [0.1, 0.15) is 5.82 Å². The fourth-order valence-electron chi connectivity index (χ4n) is 1.90. The van der Waals surface area contributed by atoms with Gasteiger partial charge in [-0.1, -0.05) is 31.2 Å². The van der Waals surface area contributed by atoms with E-state index in [-0.39, 0.29) is 11.3 Å². The first kappa shape index (κ1) is 14.1. The molecule has 0 heterocycles. The lowest BCUT2D eigenvalue weighted by Gasteiger charge is -2.09. The van der Waals surface area contributed by atoms with Crippen molar-refractivity contribution in [1.29, 1.82) is 0 Å². The van der Waals surface area contributed by atoms with E-state index in [2.05, 4.69) is 12.2 Å². The van der Waals surface area contributed by atoms with Crippen molar-refractivity contribution >= 4 is 11.6 Å². The number of anilines is 1. The van der Waals surface area contributed by atoms with Crippen LogP contribution in [0.2, 0.25) is 0 Å². The molecule has 2 aromatic rings. The normalized spacial score (nSPS) is 10.3. The average Bonchev–Trinajstić information content (AvgIpc) is 2.46. The molecule has 0 spiro atoms. The zero-order valence-electron chi connectivity index (χ0n) is 11.3. The number of hydrogen-bond acceptors (Lipinski definition) is 2. The van der Waals surface area contributed by atoms with Gasteiger partial charge in [0.2, 0.25) is 5.91 Å². The molecule has 20 heavy (non-hydrogen) atoms. The summed E-state index contributed by atoms with van der Waals surface area (Å²) in [4.78, 5) is 11.1. The maximum atomic E-state index is 13.6. The van der Waals surface area contributed by atoms with Gasteiger partial charge in [-0.3, -0.25) is 4.79 Å². The lowest BCUT2D eigenvalue weighted by atomic mass is 10.1. The van der Waals surface area contributed by atoms with E-state index in [1.165, 1.54) is 23.8 Å². The number of nitrogens with one attached hydrogen (secondary N) is 1. The van der Waals surface area contributed by atoms with E-state index < -0.39 is 11.7 Å². The number of hydrogen-bond donors (Lipinski definition) is 2. The Morgan fingerprint density at radius 2 is 1.80 bits per heavy atom. The highest BCUT2D eigenvalue weighted by atomic mass is 19.1. The molecule has 1 amide bonds. The fourth-order valence-corrected chi connectivity index (χ4v) is 1.90. The largest absolute Gasteiger partial charge is 0.379 e. The lowest BCUT2D eigenvalue weighted by molar-refractivity contribution is 0.100. The Morgan fingerprint density at radius 3 is 2.40 bits per heavy atom. The van der Waals surface area contributed by atoms with Crippen LogP contribution in [0, 0.1) is 5.82 Å². The van der Waals surface area contributed by atoms with Gasteiger partial charge in [-0.05, 0) is 35.7 Å². The number of carbonyl (C=O) groups is 1. The van der Waals surface area contributed by atoms with Crippen molar-refractivity contribution in [2.75, 3.05) is 5.32 Å². The minimum absolute atomic E-state index is 0.279. The Morgan fingerprint density at radius 1 is 1.15 bits per heavy atom. The topological polar surface area (TPSA) is 55.1 Å². The smallest absolute Gasteiger partial charge is 0.248 e. The first-order valence-electron chi connectivity index (χ1n) is 6.51. The summed E-state index contributed by atoms with van der Waals surface area (Å²) < 4.78 is 13.6. The summed E-state index contributed by atoms with van der Waals surface area (Å²) in [5.74, 6) is -0.972. The van der Waals surface area contributed by atoms with Crippen LogP contribution in [-0.2, 0) is 13.0 Å². The van der Waals surface area contributed by atoms with Crippen molar-refractivity contribution in [2.24, 2.45) is 5.73 Å². The van der Waals surface area contributed by atoms with Gasteiger partial charge in [0.15, 0.2) is 0 Å². The number of amides is 1. The molecule has 3 nitrogen and oxygen atoms in total. The minimum Gasteiger partial charge on any atom is -0.379 e. The zero-order valence-corrected chi connectivity index (χ0v) is 11.3. The molecule has 2 rings (SSSR count). The summed E-state index contributed by atoms with van der Waals surface area (Å²) in [6, 6.07) is 12.1. The van der Waals surface area contributed by atoms with Crippen molar-refractivity contribution in [1.82, 2.24) is 0 Å². The maximum Gasteiger partial charge on any atom is 0.248 e. The lowest BCUT2D eigenvalue weighted by Crippen LogP contribution is -2.12. The van der Waals surface area contributed by atoms with Crippen molar-refractivity contribution in [3.05, 3.63) is 65.0 Å². The number of benzene rings is 2. The molecule has 104 valence electrons. The quantitative estimate of drug-likeness (QED) is 0.878. The van der Waals surface area contributed by atoms with Gasteiger partial charge in [-0.15, -0.1) is 0 Å². The van der Waals surface area contributed by atoms with Crippen molar-refractivity contribution < 1.29 is 9.18 Å². The molecular formula is C16H17FN2O. The Kier molecular flexibility index (Phi) is 4.35. The molecule has 3 N–H and O–H groups in total. The zero-order chi connectivity index (χ0) is 14.5. The third kappa shape index (κ3) is 3.35. The summed E-state index contributed by atoms with van der Waals surface area (Å²) in [6.45, 7) is 2.58. The second-order valence-electron chi connectivity index (χ2n) is 4.58. The maximum absolute atomic E-state index is 13.6. The van der Waals surface area contributed by atoms with Crippen LogP contribution in [-0.4, -0.2) is 5.91 Å². The molecule has 0 aliphatic heterocycles. The third-order valence-corrected chi connectivity index (χ3v) is 3.17. The predicted octanol–water partition coefficient (Wildman–Crippen LogP) is 3.10. The van der Waals surface area contributed by atoms with Crippen LogP contribution >= 0.6 is 0 Å². The monoisotopic (exact) mass is 272 g/mol. The molecule has 0 radical (unpaired) electrons. The molecule has 0 bridgehead atoms. The number of halogens is 1. The molecular weight excluding hydrogens is 255 g/mol. The van der Waals surface area contributed by atoms with Gasteiger partial charge in [-0.25, -0.2) is 4.39 Å². The van der Waals surface area contributed by atoms with E-state index >= 15 is 0 Å². The van der Waals surface area contributed by atoms with Crippen molar-refractivity contribution in [3.63, 3.8) is 0 Å². The molecule has 0 aliphatic carbocycles. The summed E-state index contributed by atoms with van der Waals surface area (Å²) in [5, 5.41) is 2.98. The molecule has 0 aliphatic rings. The Balaban J connectivity index is 2.09. The molecule has 2 aromatic carbocycles. The third-order valence-electron chi connectivity index (χ3n) is 3.17. The van der Waals surface area contributed by atoms with E-state index in [0.29, 0.717) is 6.54 Å². The van der Waals surface area contributed by atoms with Crippen molar-refractivity contribution in [2.45, 2.75) is 19.9 Å². The fraction of sp³-hybridized carbons (Fsp3) is 0.188. The van der Waals surface area contributed by atoms with Crippen LogP contribution < -0.4 is 11.1 Å².